The van der Waals surface area contributed by atoms with Crippen LogP contribution in [0, 0.1) is 0 Å². The number of hydrogen-bond donors (Lipinski definition) is 3. The summed E-state index contributed by atoms with van der Waals surface area (Å²) in [6, 6.07) is 2.97. The number of imide groups is 2. The van der Waals surface area contributed by atoms with Crippen molar-refractivity contribution in [2.45, 2.75) is 12.5 Å². The maximum Gasteiger partial charge on any atom is 0.325 e. The van der Waals surface area contributed by atoms with Gasteiger partial charge < -0.3 is 10.6 Å². The first-order chi connectivity index (χ1) is 12.2. The summed E-state index contributed by atoms with van der Waals surface area (Å²) in [5.41, 5.74) is -1.11. The van der Waals surface area contributed by atoms with Crippen molar-refractivity contribution in [2.24, 2.45) is 0 Å². The molecule has 0 spiro atoms. The number of carbonyl (C=O) groups is 4. The second-order valence-corrected chi connectivity index (χ2v) is 6.46. The van der Waals surface area contributed by atoms with Crippen molar-refractivity contribution in [3.8, 4) is 0 Å². The molecule has 0 bridgehead atoms. The van der Waals surface area contributed by atoms with E-state index in [1.54, 1.807) is 0 Å². The van der Waals surface area contributed by atoms with Crippen LogP contribution in [0.15, 0.2) is 30.9 Å². The molecule has 1 fully saturated rings. The first-order valence-corrected chi connectivity index (χ1v) is 8.23. The zero-order chi connectivity index (χ0) is 19.5. The van der Waals surface area contributed by atoms with Crippen molar-refractivity contribution >= 4 is 47.1 Å². The molecule has 0 saturated carbocycles. The van der Waals surface area contributed by atoms with Gasteiger partial charge in [0.1, 0.15) is 12.1 Å². The smallest absolute Gasteiger partial charge is 0.325 e. The lowest BCUT2D eigenvalue weighted by atomic mass is 9.92. The highest BCUT2D eigenvalue weighted by molar-refractivity contribution is 6.35. The number of halogens is 2. The third-order valence-electron chi connectivity index (χ3n) is 3.71. The minimum Gasteiger partial charge on any atom is -0.334 e. The highest BCUT2D eigenvalue weighted by Crippen LogP contribution is 2.34. The van der Waals surface area contributed by atoms with Crippen LogP contribution >= 0.6 is 23.2 Å². The molecule has 1 aliphatic rings. The Kier molecular flexibility index (Phi) is 5.89. The summed E-state index contributed by atoms with van der Waals surface area (Å²) < 4.78 is 0. The SMILES string of the molecule is C=CCNC(=O)NC(=O)CN1C(=O)N[C@](C)(c2ccc(Cl)cc2Cl)C1=O. The summed E-state index contributed by atoms with van der Waals surface area (Å²) in [5.74, 6) is -1.49. The molecule has 26 heavy (non-hydrogen) atoms. The standard InChI is InChI=1S/C16H16Cl2N4O4/c1-3-6-19-14(25)20-12(23)8-22-13(24)16(2,21-15(22)26)10-5-4-9(17)7-11(10)18/h3-5,7H,1,6,8H2,2H3,(H,21,26)(H2,19,20,23,25)/t16-/m1/s1. The highest BCUT2D eigenvalue weighted by atomic mass is 35.5. The van der Waals surface area contributed by atoms with E-state index in [-0.39, 0.29) is 11.6 Å². The zero-order valence-corrected chi connectivity index (χ0v) is 15.3. The quantitative estimate of drug-likeness (QED) is 0.518. The molecule has 2 rings (SSSR count). The van der Waals surface area contributed by atoms with Gasteiger partial charge in [-0.3, -0.25) is 19.8 Å². The van der Waals surface area contributed by atoms with E-state index in [1.807, 2.05) is 5.32 Å². The Hall–Kier alpha value is -2.58. The molecule has 8 nitrogen and oxygen atoms in total. The summed E-state index contributed by atoms with van der Waals surface area (Å²) >= 11 is 12.0. The fourth-order valence-electron chi connectivity index (χ4n) is 2.44. The molecule has 6 amide bonds. The van der Waals surface area contributed by atoms with E-state index in [4.69, 9.17) is 23.2 Å². The lowest BCUT2D eigenvalue weighted by molar-refractivity contribution is -0.134. The Morgan fingerprint density at radius 1 is 1.35 bits per heavy atom. The summed E-state index contributed by atoms with van der Waals surface area (Å²) in [7, 11) is 0. The summed E-state index contributed by atoms with van der Waals surface area (Å²) in [6.07, 6.45) is 1.43. The molecule has 0 aromatic heterocycles. The number of hydrogen-bond acceptors (Lipinski definition) is 4. The number of nitrogens with zero attached hydrogens (tertiary/aromatic N) is 1. The van der Waals surface area contributed by atoms with Crippen LogP contribution < -0.4 is 16.0 Å². The average molecular weight is 399 g/mol. The molecule has 0 radical (unpaired) electrons. The minimum atomic E-state index is -1.45. The summed E-state index contributed by atoms with van der Waals surface area (Å²) in [6.45, 7) is 4.43. The molecule has 10 heteroatoms. The van der Waals surface area contributed by atoms with Gasteiger partial charge in [0.05, 0.1) is 0 Å². The number of carbonyl (C=O) groups excluding carboxylic acids is 4. The van der Waals surface area contributed by atoms with E-state index in [0.717, 1.165) is 0 Å². The Labute approximate surface area is 159 Å². The third kappa shape index (κ3) is 3.97. The van der Waals surface area contributed by atoms with Crippen LogP contribution in [0.5, 0.6) is 0 Å². The molecule has 138 valence electrons. The van der Waals surface area contributed by atoms with E-state index in [9.17, 15) is 19.2 Å². The highest BCUT2D eigenvalue weighted by Gasteiger charge is 2.50. The van der Waals surface area contributed by atoms with Crippen LogP contribution in [0.3, 0.4) is 0 Å². The molecular weight excluding hydrogens is 383 g/mol. The predicted octanol–water partition coefficient (Wildman–Crippen LogP) is 1.77. The lowest BCUT2D eigenvalue weighted by Crippen LogP contribution is -2.47. The van der Waals surface area contributed by atoms with Gasteiger partial charge in [-0.25, -0.2) is 9.59 Å². The van der Waals surface area contributed by atoms with E-state index in [2.05, 4.69) is 17.2 Å². The van der Waals surface area contributed by atoms with Crippen LogP contribution in [0.1, 0.15) is 12.5 Å². The number of rotatable bonds is 5. The van der Waals surface area contributed by atoms with E-state index < -0.39 is 36.0 Å². The van der Waals surface area contributed by atoms with Crippen molar-refractivity contribution in [3.63, 3.8) is 0 Å². The second-order valence-electron chi connectivity index (χ2n) is 5.62. The van der Waals surface area contributed by atoms with Crippen LogP contribution in [-0.4, -0.2) is 41.9 Å². The van der Waals surface area contributed by atoms with Gasteiger partial charge in [0.25, 0.3) is 5.91 Å². The number of urea groups is 2. The van der Waals surface area contributed by atoms with Crippen LogP contribution in [0.25, 0.3) is 0 Å². The maximum atomic E-state index is 12.7. The Bertz CT molecular complexity index is 798. The number of nitrogens with one attached hydrogen (secondary N) is 3. The fraction of sp³-hybridized carbons (Fsp3) is 0.250. The largest absolute Gasteiger partial charge is 0.334 e. The molecule has 3 N–H and O–H groups in total. The first-order valence-electron chi connectivity index (χ1n) is 7.47. The third-order valence-corrected chi connectivity index (χ3v) is 4.25. The summed E-state index contributed by atoms with van der Waals surface area (Å²) in [4.78, 5) is 49.0. The van der Waals surface area contributed by atoms with Gasteiger partial charge in [-0.15, -0.1) is 6.58 Å². The van der Waals surface area contributed by atoms with Crippen LogP contribution in [0.2, 0.25) is 10.0 Å². The first kappa shape index (κ1) is 19.7. The Morgan fingerprint density at radius 3 is 2.65 bits per heavy atom. The van der Waals surface area contributed by atoms with Crippen molar-refractivity contribution in [3.05, 3.63) is 46.5 Å². The number of amides is 6. The van der Waals surface area contributed by atoms with Crippen molar-refractivity contribution in [2.75, 3.05) is 13.1 Å². The Balaban J connectivity index is 2.14. The molecule has 1 heterocycles. The molecule has 1 aliphatic heterocycles. The van der Waals surface area contributed by atoms with Crippen LogP contribution in [-0.2, 0) is 15.1 Å². The van der Waals surface area contributed by atoms with Gasteiger partial charge in [-0.1, -0.05) is 35.3 Å². The molecule has 1 aromatic carbocycles. The predicted molar refractivity (Wildman–Crippen MR) is 95.8 cm³/mol. The van der Waals surface area contributed by atoms with Crippen molar-refractivity contribution in [1.29, 1.82) is 0 Å². The molecule has 1 atom stereocenters. The van der Waals surface area contributed by atoms with Crippen LogP contribution in [0.4, 0.5) is 9.59 Å². The average Bonchev–Trinajstić information content (AvgIpc) is 2.76. The molecule has 1 aromatic rings. The second kappa shape index (κ2) is 7.76. The minimum absolute atomic E-state index is 0.162. The van der Waals surface area contributed by atoms with Gasteiger partial charge in [0.2, 0.25) is 5.91 Å². The molecule has 0 unspecified atom stereocenters. The van der Waals surface area contributed by atoms with E-state index >= 15 is 0 Å². The van der Waals surface area contributed by atoms with Crippen molar-refractivity contribution in [1.82, 2.24) is 20.9 Å². The maximum absolute atomic E-state index is 12.7. The molecule has 0 aliphatic carbocycles. The van der Waals surface area contributed by atoms with Gasteiger partial charge in [-0.2, -0.15) is 0 Å². The van der Waals surface area contributed by atoms with Gasteiger partial charge in [-0.05, 0) is 19.1 Å². The molecule has 1 saturated heterocycles. The normalized spacial score (nSPS) is 19.1. The van der Waals surface area contributed by atoms with Gasteiger partial charge in [0, 0.05) is 22.2 Å². The van der Waals surface area contributed by atoms with Crippen molar-refractivity contribution < 1.29 is 19.2 Å². The fourth-order valence-corrected chi connectivity index (χ4v) is 3.03. The zero-order valence-electron chi connectivity index (χ0n) is 13.8. The van der Waals surface area contributed by atoms with E-state index in [1.165, 1.54) is 31.2 Å². The Morgan fingerprint density at radius 2 is 2.04 bits per heavy atom. The van der Waals surface area contributed by atoms with Gasteiger partial charge in [0.15, 0.2) is 0 Å². The molecular formula is C16H16Cl2N4O4. The van der Waals surface area contributed by atoms with Gasteiger partial charge >= 0.3 is 12.1 Å². The van der Waals surface area contributed by atoms with E-state index in [0.29, 0.717) is 15.5 Å². The number of benzene rings is 1. The lowest BCUT2D eigenvalue weighted by Gasteiger charge is -2.23. The topological polar surface area (TPSA) is 108 Å². The monoisotopic (exact) mass is 398 g/mol. The summed E-state index contributed by atoms with van der Waals surface area (Å²) in [5, 5.41) is 7.45.